The first kappa shape index (κ1) is 17.7. The normalized spacial score (nSPS) is 15.2. The van der Waals surface area contributed by atoms with Gasteiger partial charge in [-0.05, 0) is 25.8 Å². The van der Waals surface area contributed by atoms with Gasteiger partial charge in [0, 0.05) is 38.7 Å². The van der Waals surface area contributed by atoms with Gasteiger partial charge in [-0.15, -0.1) is 0 Å². The molecule has 5 rings (SSSR count). The summed E-state index contributed by atoms with van der Waals surface area (Å²) in [7, 11) is 1.74. The lowest BCUT2D eigenvalue weighted by atomic mass is 10.1. The molecular formula is C19H20N8O2. The summed E-state index contributed by atoms with van der Waals surface area (Å²) >= 11 is 0. The Hall–Kier alpha value is -3.40. The van der Waals surface area contributed by atoms with E-state index in [0.29, 0.717) is 41.5 Å². The van der Waals surface area contributed by atoms with Crippen LogP contribution in [0.4, 0.5) is 11.6 Å². The van der Waals surface area contributed by atoms with Crippen molar-refractivity contribution in [1.82, 2.24) is 34.1 Å². The molecule has 5 heterocycles. The smallest absolute Gasteiger partial charge is 0.330 e. The molecule has 0 amide bonds. The summed E-state index contributed by atoms with van der Waals surface area (Å²) in [5.74, 6) is 0.400. The predicted octanol–water partition coefficient (Wildman–Crippen LogP) is 1.87. The van der Waals surface area contributed by atoms with Gasteiger partial charge in [-0.1, -0.05) is 0 Å². The molecule has 29 heavy (non-hydrogen) atoms. The summed E-state index contributed by atoms with van der Waals surface area (Å²) < 4.78 is 8.80. The minimum absolute atomic E-state index is 0.0713. The summed E-state index contributed by atoms with van der Waals surface area (Å²) in [6, 6.07) is 1.94. The molecule has 1 N–H and O–H groups in total. The maximum absolute atomic E-state index is 12.8. The van der Waals surface area contributed by atoms with Gasteiger partial charge in [0.05, 0.1) is 17.6 Å². The molecule has 1 fully saturated rings. The van der Waals surface area contributed by atoms with Crippen LogP contribution in [-0.2, 0) is 11.8 Å². The molecule has 0 unspecified atom stereocenters. The lowest BCUT2D eigenvalue weighted by Crippen LogP contribution is -2.30. The highest BCUT2D eigenvalue weighted by Crippen LogP contribution is 2.25. The Balaban J connectivity index is 1.58. The van der Waals surface area contributed by atoms with Gasteiger partial charge in [-0.3, -0.25) is 14.1 Å². The van der Waals surface area contributed by atoms with Crippen molar-refractivity contribution >= 4 is 34.0 Å². The van der Waals surface area contributed by atoms with Crippen LogP contribution in [0.1, 0.15) is 24.6 Å². The molecule has 1 saturated heterocycles. The highest BCUT2D eigenvalue weighted by Gasteiger charge is 2.23. The summed E-state index contributed by atoms with van der Waals surface area (Å²) in [5.41, 5.74) is 4.00. The van der Waals surface area contributed by atoms with Crippen LogP contribution < -0.4 is 11.0 Å². The second-order valence-electron chi connectivity index (χ2n) is 7.10. The predicted molar refractivity (Wildman–Crippen MR) is 107 cm³/mol. The SMILES string of the molecule is Cc1nc2nccnc2cc1Nc1ncc2c(n1)n(C1CCOCC1)c(=O)n2C. The Morgan fingerprint density at radius 1 is 1.14 bits per heavy atom. The maximum Gasteiger partial charge on any atom is 0.330 e. The number of imidazole rings is 1. The fourth-order valence-electron chi connectivity index (χ4n) is 3.70. The number of nitrogens with zero attached hydrogens (tertiary/aromatic N) is 7. The van der Waals surface area contributed by atoms with Crippen molar-refractivity contribution < 1.29 is 4.74 Å². The van der Waals surface area contributed by atoms with Gasteiger partial charge in [0.1, 0.15) is 11.0 Å². The van der Waals surface area contributed by atoms with Crippen LogP contribution in [-0.4, -0.2) is 47.3 Å². The molecule has 1 aliphatic rings. The Morgan fingerprint density at radius 2 is 1.93 bits per heavy atom. The third-order valence-corrected chi connectivity index (χ3v) is 5.29. The molecule has 0 radical (unpaired) electrons. The van der Waals surface area contributed by atoms with Crippen LogP contribution in [0.5, 0.6) is 0 Å². The third kappa shape index (κ3) is 3.01. The van der Waals surface area contributed by atoms with E-state index in [0.717, 1.165) is 24.2 Å². The summed E-state index contributed by atoms with van der Waals surface area (Å²) in [6.45, 7) is 3.18. The summed E-state index contributed by atoms with van der Waals surface area (Å²) in [4.78, 5) is 34.9. The summed E-state index contributed by atoms with van der Waals surface area (Å²) in [5, 5.41) is 3.21. The number of aryl methyl sites for hydroxylation is 2. The lowest BCUT2D eigenvalue weighted by molar-refractivity contribution is 0.0695. The van der Waals surface area contributed by atoms with E-state index < -0.39 is 0 Å². The number of rotatable bonds is 3. The van der Waals surface area contributed by atoms with Crippen LogP contribution in [0.15, 0.2) is 29.5 Å². The lowest BCUT2D eigenvalue weighted by Gasteiger charge is -2.22. The van der Waals surface area contributed by atoms with Gasteiger partial charge in [0.25, 0.3) is 0 Å². The Kier molecular flexibility index (Phi) is 4.20. The van der Waals surface area contributed by atoms with E-state index in [-0.39, 0.29) is 11.7 Å². The van der Waals surface area contributed by atoms with Gasteiger partial charge in [0.15, 0.2) is 11.3 Å². The Morgan fingerprint density at radius 3 is 2.76 bits per heavy atom. The molecule has 10 nitrogen and oxygen atoms in total. The fourth-order valence-corrected chi connectivity index (χ4v) is 3.70. The Bertz CT molecular complexity index is 1270. The minimum atomic E-state index is -0.0859. The van der Waals surface area contributed by atoms with Crippen molar-refractivity contribution in [1.29, 1.82) is 0 Å². The topological polar surface area (TPSA) is 113 Å². The van der Waals surface area contributed by atoms with Crippen molar-refractivity contribution in [2.45, 2.75) is 25.8 Å². The van der Waals surface area contributed by atoms with Crippen molar-refractivity contribution in [3.63, 3.8) is 0 Å². The molecule has 0 aromatic carbocycles. The highest BCUT2D eigenvalue weighted by atomic mass is 16.5. The first-order chi connectivity index (χ1) is 14.1. The number of ether oxygens (including phenoxy) is 1. The second-order valence-corrected chi connectivity index (χ2v) is 7.10. The highest BCUT2D eigenvalue weighted by molar-refractivity contribution is 5.77. The zero-order chi connectivity index (χ0) is 20.0. The molecule has 4 aromatic heterocycles. The molecule has 1 aliphatic heterocycles. The van der Waals surface area contributed by atoms with E-state index in [1.165, 1.54) is 0 Å². The zero-order valence-corrected chi connectivity index (χ0v) is 16.2. The van der Waals surface area contributed by atoms with Gasteiger partial charge in [-0.25, -0.2) is 19.7 Å². The number of hydrogen-bond acceptors (Lipinski definition) is 8. The van der Waals surface area contributed by atoms with Gasteiger partial charge < -0.3 is 10.1 Å². The van der Waals surface area contributed by atoms with E-state index >= 15 is 0 Å². The molecule has 0 saturated carbocycles. The molecule has 4 aromatic rings. The van der Waals surface area contributed by atoms with Crippen LogP contribution in [0, 0.1) is 6.92 Å². The zero-order valence-electron chi connectivity index (χ0n) is 16.2. The standard InChI is InChI=1S/C19H20N8O2/c1-11-13(9-14-16(23-11)21-6-5-20-14)24-18-22-10-15-17(25-18)27(19(28)26(15)2)12-3-7-29-8-4-12/h5-6,9-10,12H,3-4,7-8H2,1-2H3,(H,22,24,25). The molecule has 10 heteroatoms. The third-order valence-electron chi connectivity index (χ3n) is 5.29. The van der Waals surface area contributed by atoms with Crippen molar-refractivity contribution in [3.8, 4) is 0 Å². The van der Waals surface area contributed by atoms with Crippen molar-refractivity contribution in [3.05, 3.63) is 40.8 Å². The van der Waals surface area contributed by atoms with Gasteiger partial charge in [0.2, 0.25) is 5.95 Å². The van der Waals surface area contributed by atoms with Crippen LogP contribution >= 0.6 is 0 Å². The first-order valence-electron chi connectivity index (χ1n) is 9.49. The number of pyridine rings is 1. The second kappa shape index (κ2) is 6.89. The van der Waals surface area contributed by atoms with E-state index in [9.17, 15) is 4.79 Å². The molecule has 0 bridgehead atoms. The Labute approximate surface area is 165 Å². The average molecular weight is 392 g/mol. The monoisotopic (exact) mass is 392 g/mol. The summed E-state index contributed by atoms with van der Waals surface area (Å²) in [6.07, 6.45) is 6.49. The molecule has 0 spiro atoms. The maximum atomic E-state index is 12.8. The average Bonchev–Trinajstić information content (AvgIpc) is 2.99. The van der Waals surface area contributed by atoms with Gasteiger partial charge >= 0.3 is 5.69 Å². The van der Waals surface area contributed by atoms with E-state index in [2.05, 4.69) is 30.2 Å². The fraction of sp³-hybridized carbons (Fsp3) is 0.368. The van der Waals surface area contributed by atoms with Crippen LogP contribution in [0.3, 0.4) is 0 Å². The van der Waals surface area contributed by atoms with Crippen LogP contribution in [0.2, 0.25) is 0 Å². The van der Waals surface area contributed by atoms with Gasteiger partial charge in [-0.2, -0.15) is 4.98 Å². The largest absolute Gasteiger partial charge is 0.381 e. The molecule has 0 atom stereocenters. The number of anilines is 2. The van der Waals surface area contributed by atoms with E-state index in [1.807, 2.05) is 13.0 Å². The van der Waals surface area contributed by atoms with Crippen molar-refractivity contribution in [2.24, 2.45) is 7.05 Å². The number of nitrogens with one attached hydrogen (secondary N) is 1. The first-order valence-corrected chi connectivity index (χ1v) is 9.49. The number of aromatic nitrogens is 7. The van der Waals surface area contributed by atoms with Crippen LogP contribution in [0.25, 0.3) is 22.3 Å². The molecule has 0 aliphatic carbocycles. The molecular weight excluding hydrogens is 372 g/mol. The van der Waals surface area contributed by atoms with E-state index in [1.54, 1.807) is 34.8 Å². The number of fused-ring (bicyclic) bond motifs is 2. The quantitative estimate of drug-likeness (QED) is 0.562. The molecule has 148 valence electrons. The van der Waals surface area contributed by atoms with E-state index in [4.69, 9.17) is 4.74 Å². The van der Waals surface area contributed by atoms with Crippen molar-refractivity contribution in [2.75, 3.05) is 18.5 Å². The number of hydrogen-bond donors (Lipinski definition) is 1. The minimum Gasteiger partial charge on any atom is -0.381 e.